The first-order valence-corrected chi connectivity index (χ1v) is 9.01. The summed E-state index contributed by atoms with van der Waals surface area (Å²) in [6.45, 7) is 1.84. The summed E-state index contributed by atoms with van der Waals surface area (Å²) in [5.41, 5.74) is 2.87. The molecule has 1 aliphatic rings. The highest BCUT2D eigenvalue weighted by molar-refractivity contribution is 6.30. The Kier molecular flexibility index (Phi) is 4.60. The molecule has 0 aliphatic carbocycles. The van der Waals surface area contributed by atoms with Gasteiger partial charge in [0.15, 0.2) is 0 Å². The summed E-state index contributed by atoms with van der Waals surface area (Å²) in [5.74, 6) is -0.489. The Bertz CT molecular complexity index is 1060. The number of nitrogens with one attached hydrogen (secondary N) is 2. The van der Waals surface area contributed by atoms with Crippen LogP contribution in [0.25, 0.3) is 11.1 Å². The molecule has 0 saturated heterocycles. The van der Waals surface area contributed by atoms with E-state index in [1.54, 1.807) is 16.8 Å². The van der Waals surface area contributed by atoms with Crippen LogP contribution in [0, 0.1) is 12.7 Å². The maximum absolute atomic E-state index is 13.0. The lowest BCUT2D eigenvalue weighted by atomic mass is 10.1. The number of aromatic nitrogens is 2. The van der Waals surface area contributed by atoms with Gasteiger partial charge < -0.3 is 10.6 Å². The number of nitrogens with zero attached hydrogens (tertiary/aromatic N) is 2. The molecule has 6 nitrogen and oxygen atoms in total. The van der Waals surface area contributed by atoms with Crippen LogP contribution in [0.2, 0.25) is 5.02 Å². The van der Waals surface area contributed by atoms with Crippen LogP contribution in [0.15, 0.2) is 48.5 Å². The van der Waals surface area contributed by atoms with Gasteiger partial charge in [-0.25, -0.2) is 9.07 Å². The molecule has 0 radical (unpaired) electrons. The minimum absolute atomic E-state index is 0.0859. The van der Waals surface area contributed by atoms with Gasteiger partial charge in [-0.2, -0.15) is 5.10 Å². The van der Waals surface area contributed by atoms with Crippen LogP contribution in [0.4, 0.5) is 15.9 Å². The lowest BCUT2D eigenvalue weighted by molar-refractivity contribution is -0.123. The molecule has 142 valence electrons. The third kappa shape index (κ3) is 3.36. The van der Waals surface area contributed by atoms with Crippen molar-refractivity contribution in [2.24, 2.45) is 0 Å². The van der Waals surface area contributed by atoms with E-state index < -0.39 is 6.04 Å². The van der Waals surface area contributed by atoms with Crippen LogP contribution >= 0.6 is 11.6 Å². The molecule has 1 aliphatic heterocycles. The molecule has 1 aromatic heterocycles. The Hall–Kier alpha value is -3.19. The molecule has 0 fully saturated rings. The molecule has 0 spiro atoms. The molecule has 28 heavy (non-hydrogen) atoms. The maximum atomic E-state index is 13.0. The summed E-state index contributed by atoms with van der Waals surface area (Å²) in [6, 6.07) is 11.9. The zero-order chi connectivity index (χ0) is 19.8. The largest absolute Gasteiger partial charge is 0.326 e. The number of carbonyl (C=O) groups excluding carboxylic acids is 2. The third-order valence-electron chi connectivity index (χ3n) is 4.56. The van der Waals surface area contributed by atoms with Gasteiger partial charge in [-0.1, -0.05) is 23.7 Å². The van der Waals surface area contributed by atoms with Crippen molar-refractivity contribution < 1.29 is 14.0 Å². The number of anilines is 2. The van der Waals surface area contributed by atoms with E-state index in [-0.39, 0.29) is 24.1 Å². The van der Waals surface area contributed by atoms with Crippen molar-refractivity contribution in [1.29, 1.82) is 0 Å². The van der Waals surface area contributed by atoms with Crippen LogP contribution in [0.3, 0.4) is 0 Å². The molecule has 0 saturated carbocycles. The number of rotatable bonds is 4. The molecule has 0 bridgehead atoms. The van der Waals surface area contributed by atoms with E-state index in [2.05, 4.69) is 15.7 Å². The Morgan fingerprint density at radius 3 is 2.57 bits per heavy atom. The number of hydrogen-bond acceptors (Lipinski definition) is 3. The second-order valence-electron chi connectivity index (χ2n) is 6.52. The quantitative estimate of drug-likeness (QED) is 0.692. The molecule has 3 aromatic rings. The SMILES string of the molecule is Cc1nn2c(c1-c1ccc(Cl)cc1)NC(=O)C2CC(=O)Nc1ccc(F)cc1. The highest BCUT2D eigenvalue weighted by Gasteiger charge is 2.36. The minimum Gasteiger partial charge on any atom is -0.326 e. The van der Waals surface area contributed by atoms with Gasteiger partial charge in [0.1, 0.15) is 17.7 Å². The Labute approximate surface area is 165 Å². The zero-order valence-electron chi connectivity index (χ0n) is 14.9. The summed E-state index contributed by atoms with van der Waals surface area (Å²) < 4.78 is 14.5. The van der Waals surface area contributed by atoms with Crippen molar-refractivity contribution in [2.75, 3.05) is 10.6 Å². The molecule has 2 amide bonds. The molecule has 4 rings (SSSR count). The van der Waals surface area contributed by atoms with Crippen LogP contribution < -0.4 is 10.6 Å². The van der Waals surface area contributed by atoms with Gasteiger partial charge in [0.25, 0.3) is 5.91 Å². The zero-order valence-corrected chi connectivity index (χ0v) is 15.6. The summed E-state index contributed by atoms with van der Waals surface area (Å²) >= 11 is 5.95. The summed E-state index contributed by atoms with van der Waals surface area (Å²) in [7, 11) is 0. The van der Waals surface area contributed by atoms with E-state index in [1.807, 2.05) is 19.1 Å². The van der Waals surface area contributed by atoms with Gasteiger partial charge in [-0.3, -0.25) is 9.59 Å². The summed E-state index contributed by atoms with van der Waals surface area (Å²) in [4.78, 5) is 24.8. The fourth-order valence-corrected chi connectivity index (χ4v) is 3.39. The molecule has 1 atom stereocenters. The highest BCUT2D eigenvalue weighted by atomic mass is 35.5. The number of amides is 2. The number of carbonyl (C=O) groups is 2. The van der Waals surface area contributed by atoms with Gasteiger partial charge in [0.2, 0.25) is 5.91 Å². The predicted octanol–water partition coefficient (Wildman–Crippen LogP) is 4.17. The smallest absolute Gasteiger partial charge is 0.251 e. The Morgan fingerprint density at radius 2 is 1.89 bits per heavy atom. The monoisotopic (exact) mass is 398 g/mol. The number of benzene rings is 2. The van der Waals surface area contributed by atoms with Crippen LogP contribution in [-0.2, 0) is 9.59 Å². The highest BCUT2D eigenvalue weighted by Crippen LogP contribution is 2.38. The molecular formula is C20H16ClFN4O2. The average Bonchev–Trinajstić information content (AvgIpc) is 3.12. The van der Waals surface area contributed by atoms with Gasteiger partial charge in [0, 0.05) is 16.3 Å². The average molecular weight is 399 g/mol. The lowest BCUT2D eigenvalue weighted by Gasteiger charge is -2.10. The normalized spacial score (nSPS) is 15.2. The Balaban J connectivity index is 1.57. The Morgan fingerprint density at radius 1 is 1.21 bits per heavy atom. The van der Waals surface area contributed by atoms with Gasteiger partial charge in [-0.05, 0) is 48.9 Å². The minimum atomic E-state index is -0.754. The van der Waals surface area contributed by atoms with E-state index >= 15 is 0 Å². The van der Waals surface area contributed by atoms with E-state index in [4.69, 9.17) is 11.6 Å². The fraction of sp³-hybridized carbons (Fsp3) is 0.150. The molecular weight excluding hydrogens is 383 g/mol. The fourth-order valence-electron chi connectivity index (χ4n) is 3.27. The van der Waals surface area contributed by atoms with Gasteiger partial charge in [-0.15, -0.1) is 0 Å². The summed E-state index contributed by atoms with van der Waals surface area (Å²) in [5, 5.41) is 10.6. The molecule has 1 unspecified atom stereocenters. The number of fused-ring (bicyclic) bond motifs is 1. The number of aryl methyl sites for hydroxylation is 1. The van der Waals surface area contributed by atoms with Crippen LogP contribution in [0.1, 0.15) is 18.2 Å². The van der Waals surface area contributed by atoms with Gasteiger partial charge >= 0.3 is 0 Å². The van der Waals surface area contributed by atoms with E-state index in [1.165, 1.54) is 24.3 Å². The maximum Gasteiger partial charge on any atom is 0.251 e. The first-order valence-electron chi connectivity index (χ1n) is 8.63. The molecule has 8 heteroatoms. The van der Waals surface area contributed by atoms with E-state index in [9.17, 15) is 14.0 Å². The second-order valence-corrected chi connectivity index (χ2v) is 6.96. The third-order valence-corrected chi connectivity index (χ3v) is 4.82. The van der Waals surface area contributed by atoms with Gasteiger partial charge in [0.05, 0.1) is 12.1 Å². The van der Waals surface area contributed by atoms with E-state index in [0.717, 1.165) is 16.8 Å². The van der Waals surface area contributed by atoms with Crippen molar-refractivity contribution in [2.45, 2.75) is 19.4 Å². The van der Waals surface area contributed by atoms with Crippen molar-refractivity contribution in [3.8, 4) is 11.1 Å². The van der Waals surface area contributed by atoms with Crippen molar-refractivity contribution in [3.05, 3.63) is 65.1 Å². The molecule has 2 heterocycles. The first kappa shape index (κ1) is 18.2. The first-order chi connectivity index (χ1) is 13.4. The van der Waals surface area contributed by atoms with Crippen LogP contribution in [0.5, 0.6) is 0 Å². The number of hydrogen-bond donors (Lipinski definition) is 2. The van der Waals surface area contributed by atoms with Crippen molar-refractivity contribution in [3.63, 3.8) is 0 Å². The van der Waals surface area contributed by atoms with Crippen molar-refractivity contribution in [1.82, 2.24) is 9.78 Å². The molecule has 2 N–H and O–H groups in total. The molecule has 2 aromatic carbocycles. The summed E-state index contributed by atoms with van der Waals surface area (Å²) in [6.07, 6.45) is -0.0859. The lowest BCUT2D eigenvalue weighted by Crippen LogP contribution is -2.23. The second kappa shape index (κ2) is 7.09. The topological polar surface area (TPSA) is 76.0 Å². The standard InChI is InChI=1S/C20H16ClFN4O2/c1-11-18(12-2-4-13(21)5-3-12)19-24-20(28)16(26(19)25-11)10-17(27)23-15-8-6-14(22)7-9-15/h2-9,16H,10H2,1H3,(H,23,27)(H,24,28). The predicted molar refractivity (Wildman–Crippen MR) is 105 cm³/mol. The van der Waals surface area contributed by atoms with Crippen molar-refractivity contribution >= 4 is 34.9 Å². The van der Waals surface area contributed by atoms with Crippen LogP contribution in [-0.4, -0.2) is 21.6 Å². The number of halogens is 2. The van der Waals surface area contributed by atoms with E-state index in [0.29, 0.717) is 16.5 Å².